The molecule has 0 saturated heterocycles. The van der Waals surface area contributed by atoms with Crippen LogP contribution in [0.1, 0.15) is 23.6 Å². The molecule has 0 radical (unpaired) electrons. The van der Waals surface area contributed by atoms with E-state index in [4.69, 9.17) is 9.15 Å². The van der Waals surface area contributed by atoms with Gasteiger partial charge < -0.3 is 29.4 Å². The molecule has 33 heavy (non-hydrogen) atoms. The van der Waals surface area contributed by atoms with E-state index >= 15 is 0 Å². The lowest BCUT2D eigenvalue weighted by molar-refractivity contribution is -0.308. The summed E-state index contributed by atoms with van der Waals surface area (Å²) in [6.07, 6.45) is 2.46. The molecule has 0 aliphatic heterocycles. The Labute approximate surface area is 189 Å². The number of hydrogen-bond acceptors (Lipinski definition) is 6. The zero-order chi connectivity index (χ0) is 23.5. The number of aliphatic carboxylic acids is 1. The number of aryl methyl sites for hydroxylation is 2. The Hall–Kier alpha value is -4.07. The van der Waals surface area contributed by atoms with Crippen molar-refractivity contribution in [1.29, 1.82) is 0 Å². The van der Waals surface area contributed by atoms with E-state index in [1.54, 1.807) is 25.3 Å². The van der Waals surface area contributed by atoms with Gasteiger partial charge in [0.15, 0.2) is 6.61 Å². The zero-order valence-electron chi connectivity index (χ0n) is 18.3. The van der Waals surface area contributed by atoms with Gasteiger partial charge in [0.25, 0.3) is 5.91 Å². The van der Waals surface area contributed by atoms with Crippen molar-refractivity contribution in [2.24, 2.45) is 0 Å². The predicted octanol–water partition coefficient (Wildman–Crippen LogP) is 2.00. The molecule has 0 aliphatic carbocycles. The Morgan fingerprint density at radius 3 is 2.70 bits per heavy atom. The second-order valence-electron chi connectivity index (χ2n) is 7.80. The van der Waals surface area contributed by atoms with Crippen molar-refractivity contribution >= 4 is 33.7 Å². The van der Waals surface area contributed by atoms with Crippen molar-refractivity contribution in [3.63, 3.8) is 0 Å². The molecule has 0 spiro atoms. The van der Waals surface area contributed by atoms with Crippen LogP contribution in [-0.4, -0.2) is 29.5 Å². The lowest BCUT2D eigenvalue weighted by atomic mass is 10.0. The lowest BCUT2D eigenvalue weighted by Gasteiger charge is -2.20. The fraction of sp³-hybridized carbons (Fsp3) is 0.240. The minimum Gasteiger partial charge on any atom is -0.548 e. The highest BCUT2D eigenvalue weighted by molar-refractivity contribution is 5.87. The molecule has 0 bridgehead atoms. The molecule has 2 N–H and O–H groups in total. The Kier molecular flexibility index (Phi) is 6.17. The molecular weight excluding hydrogens is 424 g/mol. The minimum atomic E-state index is -1.38. The summed E-state index contributed by atoms with van der Waals surface area (Å²) in [5.74, 6) is -1.62. The Morgan fingerprint density at radius 2 is 1.94 bits per heavy atom. The van der Waals surface area contributed by atoms with Gasteiger partial charge in [-0.25, -0.2) is 4.79 Å². The van der Waals surface area contributed by atoms with Gasteiger partial charge in [-0.05, 0) is 42.7 Å². The van der Waals surface area contributed by atoms with Crippen molar-refractivity contribution in [1.82, 2.24) is 10.3 Å². The number of fused-ring (bicyclic) bond motifs is 2. The normalized spacial score (nSPS) is 12.1. The molecule has 2 heterocycles. The number of rotatable bonds is 8. The summed E-state index contributed by atoms with van der Waals surface area (Å²) in [4.78, 5) is 39.0. The first-order valence-electron chi connectivity index (χ1n) is 10.6. The average molecular weight is 447 g/mol. The average Bonchev–Trinajstić information content (AvgIpc) is 3.21. The van der Waals surface area contributed by atoms with Crippen LogP contribution in [0.25, 0.3) is 21.9 Å². The number of H-pyrrole nitrogens is 1. The van der Waals surface area contributed by atoms with E-state index in [-0.39, 0.29) is 6.42 Å². The smallest absolute Gasteiger partial charge is 0.336 e. The van der Waals surface area contributed by atoms with E-state index in [0.717, 1.165) is 27.4 Å². The van der Waals surface area contributed by atoms with Crippen molar-refractivity contribution in [2.45, 2.75) is 32.7 Å². The molecule has 0 fully saturated rings. The van der Waals surface area contributed by atoms with Gasteiger partial charge >= 0.3 is 5.63 Å². The highest BCUT2D eigenvalue weighted by Crippen LogP contribution is 2.28. The van der Waals surface area contributed by atoms with Gasteiger partial charge in [-0.3, -0.25) is 4.79 Å². The van der Waals surface area contributed by atoms with E-state index in [1.165, 1.54) is 6.07 Å². The van der Waals surface area contributed by atoms with Crippen LogP contribution in [0.4, 0.5) is 0 Å². The van der Waals surface area contributed by atoms with Gasteiger partial charge in [-0.15, -0.1) is 0 Å². The third-order valence-corrected chi connectivity index (χ3v) is 5.66. The topological polar surface area (TPSA) is 124 Å². The van der Waals surface area contributed by atoms with Crippen LogP contribution in [0.2, 0.25) is 0 Å². The Bertz CT molecular complexity index is 1400. The molecule has 1 atom stereocenters. The maximum Gasteiger partial charge on any atom is 0.336 e. The van der Waals surface area contributed by atoms with Crippen LogP contribution in [-0.2, 0) is 22.4 Å². The first-order valence-corrected chi connectivity index (χ1v) is 10.6. The summed E-state index contributed by atoms with van der Waals surface area (Å²) >= 11 is 0. The highest BCUT2D eigenvalue weighted by atomic mass is 16.5. The van der Waals surface area contributed by atoms with E-state index in [2.05, 4.69) is 10.3 Å². The number of amides is 1. The number of hydrogen-bond donors (Lipinski definition) is 2. The van der Waals surface area contributed by atoms with E-state index in [0.29, 0.717) is 23.3 Å². The van der Waals surface area contributed by atoms with Crippen molar-refractivity contribution in [2.75, 3.05) is 6.61 Å². The van der Waals surface area contributed by atoms with E-state index in [9.17, 15) is 19.5 Å². The maximum atomic E-state index is 12.4. The van der Waals surface area contributed by atoms with Gasteiger partial charge in [0, 0.05) is 40.5 Å². The SMILES string of the molecule is CCc1cc(=O)oc2c(C)c(OCC(=O)N[C@@H](Cc3c[nH]c4ccccc34)C(=O)[O-])ccc12. The highest BCUT2D eigenvalue weighted by Gasteiger charge is 2.18. The predicted molar refractivity (Wildman–Crippen MR) is 121 cm³/mol. The van der Waals surface area contributed by atoms with Crippen LogP contribution in [0.3, 0.4) is 0 Å². The third-order valence-electron chi connectivity index (χ3n) is 5.66. The number of carboxylic acids is 1. The number of carbonyl (C=O) groups excluding carboxylic acids is 2. The Balaban J connectivity index is 1.46. The molecular formula is C25H23N2O6-. The van der Waals surface area contributed by atoms with Crippen molar-refractivity contribution in [3.8, 4) is 5.75 Å². The van der Waals surface area contributed by atoms with Crippen LogP contribution in [0.15, 0.2) is 57.9 Å². The molecule has 0 saturated carbocycles. The van der Waals surface area contributed by atoms with Gasteiger partial charge in [-0.2, -0.15) is 0 Å². The molecule has 4 aromatic rings. The number of carboxylic acid groups (broad SMARTS) is 1. The maximum absolute atomic E-state index is 12.4. The molecule has 170 valence electrons. The largest absolute Gasteiger partial charge is 0.548 e. The standard InChI is InChI=1S/C25H24N2O6/c1-3-15-11-23(29)33-24-14(2)21(9-8-18(15)24)32-13-22(28)27-20(25(30)31)10-16-12-26-19-7-5-4-6-17(16)19/h4-9,11-12,20,26H,3,10,13H2,1-2H3,(H,27,28)(H,30,31)/p-1/t20-/m0/s1. The van der Waals surface area contributed by atoms with Crippen LogP contribution >= 0.6 is 0 Å². The first-order chi connectivity index (χ1) is 15.9. The molecule has 4 rings (SSSR count). The number of aromatic nitrogens is 1. The number of para-hydroxylation sites is 1. The van der Waals surface area contributed by atoms with Gasteiger partial charge in [0.1, 0.15) is 11.3 Å². The second-order valence-corrected chi connectivity index (χ2v) is 7.80. The number of ether oxygens (including phenoxy) is 1. The zero-order valence-corrected chi connectivity index (χ0v) is 18.3. The van der Waals surface area contributed by atoms with Gasteiger partial charge in [0.2, 0.25) is 0 Å². The molecule has 0 aliphatic rings. The summed E-state index contributed by atoms with van der Waals surface area (Å²) in [5.41, 5.74) is 3.04. The summed E-state index contributed by atoms with van der Waals surface area (Å²) in [6.45, 7) is 3.28. The fourth-order valence-corrected chi connectivity index (χ4v) is 3.95. The molecule has 1 amide bonds. The number of benzene rings is 2. The van der Waals surface area contributed by atoms with Crippen LogP contribution in [0.5, 0.6) is 5.75 Å². The summed E-state index contributed by atoms with van der Waals surface area (Å²) in [5, 5.41) is 15.8. The second kappa shape index (κ2) is 9.20. The minimum absolute atomic E-state index is 0.0675. The van der Waals surface area contributed by atoms with Crippen molar-refractivity contribution in [3.05, 3.63) is 75.8 Å². The number of aromatic amines is 1. The van der Waals surface area contributed by atoms with Gasteiger partial charge in [-0.1, -0.05) is 25.1 Å². The number of carbonyl (C=O) groups is 2. The van der Waals surface area contributed by atoms with Crippen molar-refractivity contribution < 1.29 is 23.8 Å². The van der Waals surface area contributed by atoms with E-state index in [1.807, 2.05) is 31.2 Å². The molecule has 8 heteroatoms. The number of nitrogens with one attached hydrogen (secondary N) is 2. The summed E-state index contributed by atoms with van der Waals surface area (Å²) < 4.78 is 11.0. The van der Waals surface area contributed by atoms with Crippen LogP contribution in [0, 0.1) is 6.92 Å². The molecule has 2 aromatic carbocycles. The van der Waals surface area contributed by atoms with Crippen LogP contribution < -0.4 is 20.8 Å². The fourth-order valence-electron chi connectivity index (χ4n) is 3.95. The van der Waals surface area contributed by atoms with E-state index < -0.39 is 30.2 Å². The molecule has 0 unspecified atom stereocenters. The lowest BCUT2D eigenvalue weighted by Crippen LogP contribution is -2.50. The monoisotopic (exact) mass is 447 g/mol. The first kappa shape index (κ1) is 22.1. The summed E-state index contributed by atoms with van der Waals surface area (Å²) in [6, 6.07) is 11.2. The molecule has 2 aromatic heterocycles. The molecule has 8 nitrogen and oxygen atoms in total. The Morgan fingerprint density at radius 1 is 1.15 bits per heavy atom. The summed E-state index contributed by atoms with van der Waals surface area (Å²) in [7, 11) is 0. The quantitative estimate of drug-likeness (QED) is 0.398. The van der Waals surface area contributed by atoms with Gasteiger partial charge in [0.05, 0.1) is 12.0 Å². The third kappa shape index (κ3) is 4.59.